The van der Waals surface area contributed by atoms with Gasteiger partial charge in [0.05, 0.1) is 11.1 Å². The Morgan fingerprint density at radius 1 is 1.41 bits per heavy atom. The Kier molecular flexibility index (Phi) is 5.31. The second-order valence-corrected chi connectivity index (χ2v) is 5.29. The maximum Gasteiger partial charge on any atom is 0.259 e. The van der Waals surface area contributed by atoms with E-state index in [9.17, 15) is 4.79 Å². The van der Waals surface area contributed by atoms with Gasteiger partial charge in [0.1, 0.15) is 17.3 Å². The molecule has 1 atom stereocenters. The lowest BCUT2D eigenvalue weighted by atomic mass is 10.2. The van der Waals surface area contributed by atoms with Crippen molar-refractivity contribution in [3.05, 3.63) is 51.9 Å². The smallest absolute Gasteiger partial charge is 0.259 e. The predicted octanol–water partition coefficient (Wildman–Crippen LogP) is 3.65. The summed E-state index contributed by atoms with van der Waals surface area (Å²) in [5, 5.41) is 12.4. The van der Waals surface area contributed by atoms with Crippen LogP contribution < -0.4 is 10.1 Å². The molecule has 22 heavy (non-hydrogen) atoms. The summed E-state index contributed by atoms with van der Waals surface area (Å²) in [6.07, 6.45) is 0. The lowest BCUT2D eigenvalue weighted by molar-refractivity contribution is -0.123. The first-order valence-corrected chi connectivity index (χ1v) is 7.08. The number of furan rings is 1. The van der Waals surface area contributed by atoms with Crippen LogP contribution in [0.15, 0.2) is 34.7 Å². The molecule has 2 rings (SSSR count). The van der Waals surface area contributed by atoms with Crippen LogP contribution in [0, 0.1) is 18.3 Å². The fourth-order valence-corrected chi connectivity index (χ4v) is 2.18. The Morgan fingerprint density at radius 2 is 2.18 bits per heavy atom. The predicted molar refractivity (Wildman–Crippen MR) is 81.9 cm³/mol. The minimum absolute atomic E-state index is 0.279. The van der Waals surface area contributed by atoms with Crippen LogP contribution in [0.5, 0.6) is 5.75 Å². The number of carbonyl (C=O) groups is 1. The van der Waals surface area contributed by atoms with Gasteiger partial charge in [-0.3, -0.25) is 4.79 Å². The molecule has 0 saturated carbocycles. The number of rotatable bonds is 5. The van der Waals surface area contributed by atoms with Gasteiger partial charge in [0.2, 0.25) is 0 Å². The van der Waals surface area contributed by atoms with Gasteiger partial charge < -0.3 is 14.5 Å². The number of ether oxygens (including phenoxy) is 1. The zero-order valence-corrected chi connectivity index (χ0v) is 13.1. The van der Waals surface area contributed by atoms with Gasteiger partial charge >= 0.3 is 0 Å². The molecule has 2 aromatic rings. The van der Waals surface area contributed by atoms with Gasteiger partial charge in [-0.1, -0.05) is 23.2 Å². The van der Waals surface area contributed by atoms with Crippen molar-refractivity contribution in [1.82, 2.24) is 5.32 Å². The molecule has 1 amide bonds. The summed E-state index contributed by atoms with van der Waals surface area (Å²) >= 11 is 11.7. The first-order chi connectivity index (χ1) is 10.5. The van der Waals surface area contributed by atoms with Crippen LogP contribution in [0.2, 0.25) is 10.0 Å². The molecule has 0 aliphatic rings. The van der Waals surface area contributed by atoms with E-state index >= 15 is 0 Å². The number of hydrogen-bond donors (Lipinski definition) is 1. The molecule has 114 valence electrons. The Morgan fingerprint density at radius 3 is 2.77 bits per heavy atom. The number of carbonyl (C=O) groups excluding carboxylic acids is 1. The van der Waals surface area contributed by atoms with E-state index in [1.165, 1.54) is 6.07 Å². The third-order valence-corrected chi connectivity index (χ3v) is 3.26. The van der Waals surface area contributed by atoms with Crippen LogP contribution >= 0.6 is 23.2 Å². The number of amides is 1. The first-order valence-electron chi connectivity index (χ1n) is 6.33. The maximum atomic E-state index is 11.8. The van der Waals surface area contributed by atoms with Crippen LogP contribution in [-0.4, -0.2) is 12.5 Å². The van der Waals surface area contributed by atoms with Crippen LogP contribution in [0.3, 0.4) is 0 Å². The van der Waals surface area contributed by atoms with Crippen molar-refractivity contribution in [2.24, 2.45) is 0 Å². The summed E-state index contributed by atoms with van der Waals surface area (Å²) < 4.78 is 10.6. The zero-order chi connectivity index (χ0) is 16.1. The number of halogens is 2. The molecule has 1 unspecified atom stereocenters. The van der Waals surface area contributed by atoms with Crippen molar-refractivity contribution in [2.45, 2.75) is 13.0 Å². The lowest BCUT2D eigenvalue weighted by Gasteiger charge is -2.11. The summed E-state index contributed by atoms with van der Waals surface area (Å²) in [5.41, 5.74) is 0. The summed E-state index contributed by atoms with van der Waals surface area (Å²) in [5.74, 6) is 0.904. The van der Waals surface area contributed by atoms with E-state index in [0.717, 1.165) is 0 Å². The van der Waals surface area contributed by atoms with Crippen molar-refractivity contribution >= 4 is 29.1 Å². The molecule has 0 fully saturated rings. The number of hydrogen-bond acceptors (Lipinski definition) is 4. The Labute approximate surface area is 137 Å². The second-order valence-electron chi connectivity index (χ2n) is 4.44. The molecule has 1 aromatic carbocycles. The van der Waals surface area contributed by atoms with Gasteiger partial charge in [-0.2, -0.15) is 5.26 Å². The van der Waals surface area contributed by atoms with Crippen LogP contribution in [0.4, 0.5) is 0 Å². The molecule has 1 aromatic heterocycles. The van der Waals surface area contributed by atoms with E-state index in [1.54, 1.807) is 31.2 Å². The van der Waals surface area contributed by atoms with Crippen molar-refractivity contribution in [2.75, 3.05) is 6.61 Å². The minimum atomic E-state index is -0.870. The number of nitrogens with zero attached hydrogens (tertiary/aromatic N) is 1. The molecule has 1 heterocycles. The highest BCUT2D eigenvalue weighted by atomic mass is 35.5. The van der Waals surface area contributed by atoms with Crippen LogP contribution in [0.1, 0.15) is 17.6 Å². The van der Waals surface area contributed by atoms with Crippen molar-refractivity contribution in [3.8, 4) is 11.8 Å². The molecule has 0 saturated heterocycles. The summed E-state index contributed by atoms with van der Waals surface area (Å²) in [7, 11) is 0. The van der Waals surface area contributed by atoms with Crippen LogP contribution in [0.25, 0.3) is 0 Å². The van der Waals surface area contributed by atoms with E-state index in [-0.39, 0.29) is 6.61 Å². The van der Waals surface area contributed by atoms with Gasteiger partial charge in [-0.05, 0) is 37.3 Å². The molecule has 0 bridgehead atoms. The number of benzene rings is 1. The average Bonchev–Trinajstić information content (AvgIpc) is 2.90. The SMILES string of the molecule is Cc1ccc(C(C#N)NC(=O)COc2ccc(Cl)cc2Cl)o1. The number of nitriles is 1. The standard InChI is InChI=1S/C15H12Cl2N2O3/c1-9-2-4-14(22-9)12(7-18)19-15(20)8-21-13-5-3-10(16)6-11(13)17/h2-6,12H,8H2,1H3,(H,19,20). The van der Waals surface area contributed by atoms with Crippen molar-refractivity contribution in [3.63, 3.8) is 0 Å². The largest absolute Gasteiger partial charge is 0.482 e. The lowest BCUT2D eigenvalue weighted by Crippen LogP contribution is -2.31. The summed E-state index contributed by atoms with van der Waals surface area (Å²) in [6.45, 7) is 1.48. The third-order valence-electron chi connectivity index (χ3n) is 2.73. The van der Waals surface area contributed by atoms with Gasteiger partial charge in [0, 0.05) is 5.02 Å². The molecule has 0 aliphatic heterocycles. The highest BCUT2D eigenvalue weighted by Crippen LogP contribution is 2.27. The van der Waals surface area contributed by atoms with Gasteiger partial charge in [-0.25, -0.2) is 0 Å². The van der Waals surface area contributed by atoms with Gasteiger partial charge in [-0.15, -0.1) is 0 Å². The number of nitrogens with one attached hydrogen (secondary N) is 1. The van der Waals surface area contributed by atoms with E-state index in [0.29, 0.717) is 27.3 Å². The molecule has 0 radical (unpaired) electrons. The Bertz CT molecular complexity index is 722. The molecular weight excluding hydrogens is 327 g/mol. The average molecular weight is 339 g/mol. The van der Waals surface area contributed by atoms with Crippen LogP contribution in [-0.2, 0) is 4.79 Å². The molecular formula is C15H12Cl2N2O3. The molecule has 0 spiro atoms. The maximum absolute atomic E-state index is 11.8. The molecule has 0 aliphatic carbocycles. The van der Waals surface area contributed by atoms with E-state index in [2.05, 4.69) is 5.32 Å². The van der Waals surface area contributed by atoms with E-state index in [4.69, 9.17) is 37.6 Å². The summed E-state index contributed by atoms with van der Waals surface area (Å²) in [4.78, 5) is 11.8. The van der Waals surface area contributed by atoms with Gasteiger partial charge in [0.15, 0.2) is 12.6 Å². The van der Waals surface area contributed by atoms with Crippen molar-refractivity contribution in [1.29, 1.82) is 5.26 Å². The highest BCUT2D eigenvalue weighted by molar-refractivity contribution is 6.35. The highest BCUT2D eigenvalue weighted by Gasteiger charge is 2.17. The second kappa shape index (κ2) is 7.21. The summed E-state index contributed by atoms with van der Waals surface area (Å²) in [6, 6.07) is 9.12. The molecule has 7 heteroatoms. The minimum Gasteiger partial charge on any atom is -0.482 e. The quantitative estimate of drug-likeness (QED) is 0.902. The fraction of sp³-hybridized carbons (Fsp3) is 0.200. The Hall–Kier alpha value is -2.16. The monoisotopic (exact) mass is 338 g/mol. The number of aryl methyl sites for hydroxylation is 1. The first kappa shape index (κ1) is 16.2. The Balaban J connectivity index is 1.93. The molecule has 5 nitrogen and oxygen atoms in total. The van der Waals surface area contributed by atoms with Crippen molar-refractivity contribution < 1.29 is 13.9 Å². The third kappa shape index (κ3) is 4.17. The fourth-order valence-electron chi connectivity index (χ4n) is 1.71. The van der Waals surface area contributed by atoms with E-state index in [1.807, 2.05) is 6.07 Å². The van der Waals surface area contributed by atoms with Gasteiger partial charge in [0.25, 0.3) is 5.91 Å². The normalized spacial score (nSPS) is 11.5. The topological polar surface area (TPSA) is 75.3 Å². The van der Waals surface area contributed by atoms with E-state index < -0.39 is 11.9 Å². The molecule has 1 N–H and O–H groups in total. The zero-order valence-electron chi connectivity index (χ0n) is 11.6.